The van der Waals surface area contributed by atoms with Crippen LogP contribution in [0.2, 0.25) is 0 Å². The van der Waals surface area contributed by atoms with E-state index < -0.39 is 0 Å². The minimum atomic E-state index is 0.372. The summed E-state index contributed by atoms with van der Waals surface area (Å²) >= 11 is 0. The summed E-state index contributed by atoms with van der Waals surface area (Å²) < 4.78 is 13.7. The molecule has 0 aromatic heterocycles. The van der Waals surface area contributed by atoms with Crippen molar-refractivity contribution in [2.24, 2.45) is 47.3 Å². The Morgan fingerprint density at radius 1 is 0.481 bits per heavy atom. The number of aryl methyl sites for hydroxylation is 2. The van der Waals surface area contributed by atoms with Crippen LogP contribution in [-0.2, 0) is 11.3 Å². The van der Waals surface area contributed by atoms with Crippen LogP contribution < -0.4 is 9.47 Å². The van der Waals surface area contributed by atoms with Gasteiger partial charge < -0.3 is 14.2 Å². The van der Waals surface area contributed by atoms with Crippen molar-refractivity contribution in [3.8, 4) is 30.3 Å². The zero-order chi connectivity index (χ0) is 39.1. The van der Waals surface area contributed by atoms with Gasteiger partial charge in [0.05, 0.1) is 0 Å². The summed E-state index contributed by atoms with van der Waals surface area (Å²) in [6.45, 7) is 12.3. The largest absolute Gasteiger partial charge is 0.423 e. The van der Waals surface area contributed by atoms with Crippen molar-refractivity contribution in [3.05, 3.63) is 95.6 Å². The normalized spacial score (nSPS) is 26.2. The molecule has 4 bridgehead atoms. The predicted octanol–water partition coefficient (Wildman–Crippen LogP) is 13.1. The fraction of sp³-hybridized carbons (Fsp3) is 0.562. The topological polar surface area (TPSA) is 99.1 Å². The fourth-order valence-electron chi connectivity index (χ4n) is 10.0. The quantitative estimate of drug-likeness (QED) is 0.248. The van der Waals surface area contributed by atoms with E-state index in [1.54, 1.807) is 120 Å². The van der Waals surface area contributed by atoms with E-state index in [-0.39, 0.29) is 0 Å². The van der Waals surface area contributed by atoms with Gasteiger partial charge in [0.25, 0.3) is 18.8 Å². The first-order valence-electron chi connectivity index (χ1n) is 20.8. The molecule has 0 heterocycles. The third-order valence-corrected chi connectivity index (χ3v) is 12.2. The lowest BCUT2D eigenvalue weighted by molar-refractivity contribution is 0.257. The Morgan fingerprint density at radius 2 is 0.833 bits per heavy atom. The Kier molecular flexibility index (Phi) is 20.2. The van der Waals surface area contributed by atoms with Crippen molar-refractivity contribution >= 4 is 0 Å². The van der Waals surface area contributed by atoms with E-state index in [0.717, 1.165) is 16.7 Å². The highest BCUT2D eigenvalue weighted by Gasteiger charge is 2.49. The van der Waals surface area contributed by atoms with Gasteiger partial charge in [0.1, 0.15) is 18.1 Å². The van der Waals surface area contributed by atoms with E-state index in [2.05, 4.69) is 14.2 Å². The monoisotopic (exact) mass is 732 g/mol. The lowest BCUT2D eigenvalue weighted by Gasteiger charge is -2.23. The maximum atomic E-state index is 8.12. The summed E-state index contributed by atoms with van der Waals surface area (Å²) in [6, 6.07) is 24.2. The number of rotatable bonds is 4. The minimum Gasteiger partial charge on any atom is -0.423 e. The summed E-state index contributed by atoms with van der Waals surface area (Å²) in [7, 11) is 0. The minimum absolute atomic E-state index is 0.372. The van der Waals surface area contributed by atoms with Crippen molar-refractivity contribution in [3.63, 3.8) is 0 Å². The molecule has 8 atom stereocenters. The number of ether oxygens (including phenoxy) is 3. The molecule has 0 saturated heterocycles. The molecule has 6 aliphatic carbocycles. The fourth-order valence-corrected chi connectivity index (χ4v) is 10.0. The molecule has 3 aromatic carbocycles. The van der Waals surface area contributed by atoms with Crippen molar-refractivity contribution in [2.45, 2.75) is 125 Å². The van der Waals surface area contributed by atoms with Gasteiger partial charge in [-0.15, -0.1) is 10.5 Å². The smallest absolute Gasteiger partial charge is 0.292 e. The Balaban J connectivity index is 0.000000177. The lowest BCUT2D eigenvalue weighted by atomic mass is 9.82. The molecular formula is C48H65N3O3. The molecular weight excluding hydrogens is 667 g/mol. The molecule has 0 aliphatic heterocycles. The van der Waals surface area contributed by atoms with Gasteiger partial charge in [0.15, 0.2) is 0 Å². The van der Waals surface area contributed by atoms with E-state index in [1.165, 1.54) is 47.3 Å². The second-order valence-corrected chi connectivity index (χ2v) is 15.1. The van der Waals surface area contributed by atoms with Crippen LogP contribution in [0.5, 0.6) is 11.5 Å². The lowest BCUT2D eigenvalue weighted by Crippen LogP contribution is -2.15. The first-order valence-corrected chi connectivity index (χ1v) is 20.8. The summed E-state index contributed by atoms with van der Waals surface area (Å²) in [5, 5.41) is 24.3. The molecule has 290 valence electrons. The van der Waals surface area contributed by atoms with Crippen LogP contribution in [0.25, 0.3) is 0 Å². The highest BCUT2D eigenvalue weighted by atomic mass is 16.5. The Hall–Kier alpha value is -4.47. The van der Waals surface area contributed by atoms with Gasteiger partial charge in [-0.2, -0.15) is 5.26 Å². The number of nitrogens with zero attached hydrogens (tertiary/aromatic N) is 3. The Labute approximate surface area is 327 Å². The van der Waals surface area contributed by atoms with Crippen LogP contribution in [0, 0.1) is 95.7 Å². The Morgan fingerprint density at radius 3 is 1.15 bits per heavy atom. The maximum Gasteiger partial charge on any atom is 0.292 e. The summed E-state index contributed by atoms with van der Waals surface area (Å²) in [5.74, 6) is 10.8. The van der Waals surface area contributed by atoms with Crippen molar-refractivity contribution in [2.75, 3.05) is 0 Å². The number of fused-ring (bicyclic) bond motifs is 10. The van der Waals surface area contributed by atoms with Gasteiger partial charge in [-0.25, -0.2) is 0 Å². The second kappa shape index (κ2) is 24.8. The number of hydrogen-bond acceptors (Lipinski definition) is 6. The van der Waals surface area contributed by atoms with Crippen molar-refractivity contribution in [1.29, 1.82) is 15.8 Å². The van der Waals surface area contributed by atoms with Gasteiger partial charge in [-0.1, -0.05) is 106 Å². The number of benzene rings is 3. The summed E-state index contributed by atoms with van der Waals surface area (Å²) in [6.07, 6.45) is 23.9. The second-order valence-electron chi connectivity index (χ2n) is 15.1. The first-order chi connectivity index (χ1) is 26.5. The van der Waals surface area contributed by atoms with Gasteiger partial charge in [0, 0.05) is 0 Å². The van der Waals surface area contributed by atoms with Gasteiger partial charge in [-0.3, -0.25) is 0 Å². The molecule has 0 radical (unpaired) electrons. The molecule has 6 fully saturated rings. The van der Waals surface area contributed by atoms with Gasteiger partial charge >= 0.3 is 0 Å². The van der Waals surface area contributed by atoms with E-state index in [0.29, 0.717) is 18.1 Å². The molecule has 3 aromatic rings. The van der Waals surface area contributed by atoms with Crippen LogP contribution in [-0.4, -0.2) is 0 Å². The van der Waals surface area contributed by atoms with E-state index in [9.17, 15) is 0 Å². The maximum absolute atomic E-state index is 8.12. The van der Waals surface area contributed by atoms with Crippen LogP contribution >= 0.6 is 0 Å². The molecule has 54 heavy (non-hydrogen) atoms. The predicted molar refractivity (Wildman–Crippen MR) is 218 cm³/mol. The van der Waals surface area contributed by atoms with Crippen LogP contribution in [0.4, 0.5) is 0 Å². The molecule has 9 rings (SSSR count). The van der Waals surface area contributed by atoms with E-state index >= 15 is 0 Å². The molecule has 0 spiro atoms. The van der Waals surface area contributed by atoms with Crippen molar-refractivity contribution in [1.82, 2.24) is 0 Å². The highest BCUT2D eigenvalue weighted by Crippen LogP contribution is 2.59. The van der Waals surface area contributed by atoms with Crippen LogP contribution in [0.3, 0.4) is 0 Å². The van der Waals surface area contributed by atoms with Gasteiger partial charge in [0.2, 0.25) is 0 Å². The molecule has 6 heteroatoms. The molecule has 6 saturated carbocycles. The molecule has 0 amide bonds. The van der Waals surface area contributed by atoms with E-state index in [4.69, 9.17) is 15.8 Å². The zero-order valence-corrected chi connectivity index (χ0v) is 33.9. The number of hydrogen-bond donors (Lipinski definition) is 0. The third kappa shape index (κ3) is 13.4. The number of nitriles is 3. The Bertz CT molecular complexity index is 1450. The average molecular weight is 732 g/mol. The summed E-state index contributed by atoms with van der Waals surface area (Å²) in [5.41, 5.74) is 3.33. The van der Waals surface area contributed by atoms with Crippen molar-refractivity contribution < 1.29 is 14.2 Å². The third-order valence-electron chi connectivity index (χ3n) is 12.2. The van der Waals surface area contributed by atoms with Crippen LogP contribution in [0.1, 0.15) is 121 Å². The standard InChI is InChI=1S/2C10H16.3C8H7NO.2C2H6/c2*1-2-9-7-4-5-8(6-7)10(9)3-1;2*1-7-2-4-8(5-3-7)10-6-9;9-7-10-6-8-4-2-1-3-5-8;2*1-2/h2*7-10H,1-6H2;2*2-5H,1H3;1-5H,6H2;2*1-2H3. The first kappa shape index (κ1) is 43.9. The van der Waals surface area contributed by atoms with E-state index in [1.807, 2.05) is 96.1 Å². The SMILES string of the molecule is C1CC2C3CCC(C3)C2C1.C1CC2C3CCC(C3)C2C1.CC.CC.Cc1ccc(OC#N)cc1.Cc1ccc(OC#N)cc1.N#COCc1ccccc1. The summed E-state index contributed by atoms with van der Waals surface area (Å²) in [4.78, 5) is 0. The highest BCUT2D eigenvalue weighted by molar-refractivity contribution is 5.27. The zero-order valence-electron chi connectivity index (χ0n) is 33.9. The average Bonchev–Trinajstić information content (AvgIpc) is 4.08. The molecule has 6 nitrogen and oxygen atoms in total. The molecule has 8 unspecified atom stereocenters. The molecule has 6 aliphatic rings. The van der Waals surface area contributed by atoms with Gasteiger partial charge in [-0.05, 0) is 155 Å². The van der Waals surface area contributed by atoms with Crippen LogP contribution in [0.15, 0.2) is 78.9 Å². The molecule has 0 N–H and O–H groups in total.